The number of hydrogen-bond acceptors (Lipinski definition) is 2. The van der Waals surface area contributed by atoms with Crippen molar-refractivity contribution in [1.29, 1.82) is 0 Å². The van der Waals surface area contributed by atoms with Crippen LogP contribution < -0.4 is 4.90 Å². The van der Waals surface area contributed by atoms with E-state index in [0.717, 1.165) is 18.8 Å². The molecule has 0 aromatic carbocycles. The number of halogens is 1. The first-order valence-electron chi connectivity index (χ1n) is 5.09. The molecular weight excluding hydrogens is 179 g/mol. The lowest BCUT2D eigenvalue weighted by Gasteiger charge is -2.33. The van der Waals surface area contributed by atoms with E-state index >= 15 is 0 Å². The molecule has 0 bridgehead atoms. The summed E-state index contributed by atoms with van der Waals surface area (Å²) < 4.78 is 13.5. The van der Waals surface area contributed by atoms with Crippen molar-refractivity contribution < 1.29 is 4.39 Å². The maximum Gasteiger partial charge on any atom is 0.147 e. The first-order chi connectivity index (χ1) is 6.68. The van der Waals surface area contributed by atoms with Crippen molar-refractivity contribution in [3.05, 3.63) is 23.8 Å². The molecule has 0 amide bonds. The highest BCUT2D eigenvalue weighted by molar-refractivity contribution is 5.47. The smallest absolute Gasteiger partial charge is 0.147 e. The van der Waals surface area contributed by atoms with Crippen molar-refractivity contribution in [2.24, 2.45) is 0 Å². The van der Waals surface area contributed by atoms with E-state index in [1.165, 1.54) is 6.42 Å². The van der Waals surface area contributed by atoms with Gasteiger partial charge in [0.15, 0.2) is 0 Å². The fourth-order valence-corrected chi connectivity index (χ4v) is 1.61. The summed E-state index contributed by atoms with van der Waals surface area (Å²) in [6, 6.07) is 1.60. The van der Waals surface area contributed by atoms with Crippen LogP contribution in [0.5, 0.6) is 0 Å². The van der Waals surface area contributed by atoms with Gasteiger partial charge in [-0.15, -0.1) is 0 Å². The molecule has 2 heterocycles. The number of aromatic nitrogens is 1. The van der Waals surface area contributed by atoms with Crippen LogP contribution in [0.25, 0.3) is 0 Å². The third kappa shape index (κ3) is 1.59. The third-order valence-electron chi connectivity index (χ3n) is 2.62. The predicted molar refractivity (Wildman–Crippen MR) is 55.1 cm³/mol. The zero-order valence-electron chi connectivity index (χ0n) is 8.63. The van der Waals surface area contributed by atoms with Gasteiger partial charge in [0.1, 0.15) is 5.82 Å². The van der Waals surface area contributed by atoms with Crippen LogP contribution in [0.1, 0.15) is 31.9 Å². The van der Waals surface area contributed by atoms with Crippen molar-refractivity contribution in [3.63, 3.8) is 0 Å². The topological polar surface area (TPSA) is 16.1 Å². The van der Waals surface area contributed by atoms with Gasteiger partial charge in [0.2, 0.25) is 0 Å². The van der Waals surface area contributed by atoms with Gasteiger partial charge in [0.25, 0.3) is 0 Å². The molecule has 1 saturated heterocycles. The maximum absolute atomic E-state index is 13.5. The quantitative estimate of drug-likeness (QED) is 0.719. The maximum atomic E-state index is 13.5. The highest BCUT2D eigenvalue weighted by Gasteiger charge is 2.17. The minimum Gasteiger partial charge on any atom is -0.370 e. The van der Waals surface area contributed by atoms with Crippen LogP contribution in [0.3, 0.4) is 0 Å². The van der Waals surface area contributed by atoms with Crippen molar-refractivity contribution >= 4 is 5.69 Å². The molecule has 0 atom stereocenters. The van der Waals surface area contributed by atoms with Crippen LogP contribution in [0.15, 0.2) is 12.3 Å². The van der Waals surface area contributed by atoms with E-state index in [1.54, 1.807) is 12.3 Å². The molecule has 0 radical (unpaired) electrons. The van der Waals surface area contributed by atoms with Gasteiger partial charge in [0, 0.05) is 19.2 Å². The lowest BCUT2D eigenvalue weighted by Crippen LogP contribution is -2.37. The van der Waals surface area contributed by atoms with E-state index in [-0.39, 0.29) is 11.7 Å². The first kappa shape index (κ1) is 9.44. The molecule has 0 spiro atoms. The van der Waals surface area contributed by atoms with Gasteiger partial charge in [-0.2, -0.15) is 0 Å². The van der Waals surface area contributed by atoms with Gasteiger partial charge in [0.05, 0.1) is 17.6 Å². The average Bonchev–Trinajstić information content (AvgIpc) is 2.00. The largest absolute Gasteiger partial charge is 0.370 e. The number of rotatable bonds is 2. The minimum atomic E-state index is -0.176. The van der Waals surface area contributed by atoms with E-state index in [2.05, 4.69) is 9.88 Å². The summed E-state index contributed by atoms with van der Waals surface area (Å²) in [6.45, 7) is 5.97. The van der Waals surface area contributed by atoms with E-state index in [9.17, 15) is 4.39 Å². The Bertz CT molecular complexity index is 332. The van der Waals surface area contributed by atoms with Crippen LogP contribution >= 0.6 is 0 Å². The molecule has 0 unspecified atom stereocenters. The highest BCUT2D eigenvalue weighted by atomic mass is 19.1. The average molecular weight is 194 g/mol. The van der Waals surface area contributed by atoms with Gasteiger partial charge >= 0.3 is 0 Å². The number of hydrogen-bond donors (Lipinski definition) is 0. The Hall–Kier alpha value is -1.12. The van der Waals surface area contributed by atoms with Crippen molar-refractivity contribution in [2.75, 3.05) is 18.0 Å². The number of anilines is 1. The summed E-state index contributed by atoms with van der Waals surface area (Å²) in [5.41, 5.74) is 1.48. The molecule has 2 nitrogen and oxygen atoms in total. The van der Waals surface area contributed by atoms with Crippen LogP contribution in [0.2, 0.25) is 0 Å². The highest BCUT2D eigenvalue weighted by Crippen LogP contribution is 2.24. The van der Waals surface area contributed by atoms with Crippen LogP contribution in [-0.4, -0.2) is 18.1 Å². The molecule has 3 heteroatoms. The summed E-state index contributed by atoms with van der Waals surface area (Å²) in [6.07, 6.45) is 2.98. The fourth-order valence-electron chi connectivity index (χ4n) is 1.61. The molecule has 1 fully saturated rings. The summed E-state index contributed by atoms with van der Waals surface area (Å²) in [7, 11) is 0. The van der Waals surface area contributed by atoms with Gasteiger partial charge in [-0.05, 0) is 12.3 Å². The predicted octanol–water partition coefficient (Wildman–Crippen LogP) is 2.55. The molecule has 1 aromatic heterocycles. The second-order valence-corrected chi connectivity index (χ2v) is 4.06. The molecular formula is C11H15FN2. The number of pyridine rings is 1. The Morgan fingerprint density at radius 2 is 2.14 bits per heavy atom. The second kappa shape index (κ2) is 3.56. The normalized spacial score (nSPS) is 15.9. The Kier molecular flexibility index (Phi) is 2.40. The van der Waals surface area contributed by atoms with E-state index < -0.39 is 0 Å². The SMILES string of the molecule is CC(C)c1ncc(N2CCC2)cc1F. The van der Waals surface area contributed by atoms with Gasteiger partial charge in [-0.25, -0.2) is 4.39 Å². The van der Waals surface area contributed by atoms with Gasteiger partial charge in [-0.3, -0.25) is 4.98 Å². The zero-order valence-corrected chi connectivity index (χ0v) is 8.63. The lowest BCUT2D eigenvalue weighted by molar-refractivity contribution is 0.574. The molecule has 0 aliphatic carbocycles. The summed E-state index contributed by atoms with van der Waals surface area (Å²) >= 11 is 0. The fraction of sp³-hybridized carbons (Fsp3) is 0.545. The number of nitrogens with zero attached hydrogens (tertiary/aromatic N) is 2. The van der Waals surface area contributed by atoms with Crippen LogP contribution in [-0.2, 0) is 0 Å². The molecule has 14 heavy (non-hydrogen) atoms. The molecule has 1 aliphatic rings. The van der Waals surface area contributed by atoms with Crippen LogP contribution in [0, 0.1) is 5.82 Å². The first-order valence-corrected chi connectivity index (χ1v) is 5.09. The standard InChI is InChI=1S/C11H15FN2/c1-8(2)11-10(12)6-9(7-13-11)14-4-3-5-14/h6-8H,3-5H2,1-2H3. The van der Waals surface area contributed by atoms with Gasteiger partial charge in [-0.1, -0.05) is 13.8 Å². The van der Waals surface area contributed by atoms with Crippen molar-refractivity contribution in [1.82, 2.24) is 4.98 Å². The monoisotopic (exact) mass is 194 g/mol. The zero-order chi connectivity index (χ0) is 10.1. The van der Waals surface area contributed by atoms with Crippen molar-refractivity contribution in [2.45, 2.75) is 26.2 Å². The molecule has 0 saturated carbocycles. The third-order valence-corrected chi connectivity index (χ3v) is 2.62. The Balaban J connectivity index is 2.25. The molecule has 2 rings (SSSR count). The summed E-state index contributed by atoms with van der Waals surface area (Å²) in [5, 5.41) is 0. The Morgan fingerprint density at radius 1 is 1.43 bits per heavy atom. The van der Waals surface area contributed by atoms with E-state index in [1.807, 2.05) is 13.8 Å². The van der Waals surface area contributed by atoms with E-state index in [0.29, 0.717) is 5.69 Å². The molecule has 1 aromatic rings. The lowest BCUT2D eigenvalue weighted by atomic mass is 10.1. The Labute approximate surface area is 83.8 Å². The van der Waals surface area contributed by atoms with Crippen LogP contribution in [0.4, 0.5) is 10.1 Å². The Morgan fingerprint density at radius 3 is 2.57 bits per heavy atom. The summed E-state index contributed by atoms with van der Waals surface area (Å²) in [5.74, 6) is -0.0233. The van der Waals surface area contributed by atoms with Crippen molar-refractivity contribution in [3.8, 4) is 0 Å². The van der Waals surface area contributed by atoms with E-state index in [4.69, 9.17) is 0 Å². The summed E-state index contributed by atoms with van der Waals surface area (Å²) in [4.78, 5) is 6.30. The van der Waals surface area contributed by atoms with Gasteiger partial charge < -0.3 is 4.90 Å². The second-order valence-electron chi connectivity index (χ2n) is 4.06. The molecule has 0 N–H and O–H groups in total. The molecule has 1 aliphatic heterocycles. The minimum absolute atomic E-state index is 0.153. The molecule has 76 valence electrons.